The maximum atomic E-state index is 14.2. The molecule has 0 aromatic heterocycles. The van der Waals surface area contributed by atoms with E-state index in [0.29, 0.717) is 3.57 Å². The van der Waals surface area contributed by atoms with Crippen LogP contribution in [0.25, 0.3) is 0 Å². The highest BCUT2D eigenvalue weighted by Gasteiger charge is 2.33. The van der Waals surface area contributed by atoms with Gasteiger partial charge in [-0.15, -0.1) is 0 Å². The Kier molecular flexibility index (Phi) is 7.81. The standard InChI is InChI=1S/C19H13F5INO5/c1-29-16(27)8-14(18(28)30-2)26-13-7-10(25)3-4-15(13)31-17-11(20)5-9(6-12(17)21)19(22,23)24/h3-8,26H,1-2H3/b14-8+. The molecule has 0 fully saturated rings. The van der Waals surface area contributed by atoms with Crippen molar-refractivity contribution in [3.8, 4) is 11.5 Å². The van der Waals surface area contributed by atoms with Crippen LogP contribution in [0.4, 0.5) is 27.6 Å². The lowest BCUT2D eigenvalue weighted by atomic mass is 10.2. The van der Waals surface area contributed by atoms with Gasteiger partial charge in [-0.05, 0) is 52.9 Å². The third kappa shape index (κ3) is 6.29. The lowest BCUT2D eigenvalue weighted by Crippen LogP contribution is -2.16. The Morgan fingerprint density at radius 1 is 1.03 bits per heavy atom. The van der Waals surface area contributed by atoms with Crippen LogP contribution >= 0.6 is 22.6 Å². The van der Waals surface area contributed by atoms with Gasteiger partial charge in [-0.25, -0.2) is 18.4 Å². The molecule has 12 heteroatoms. The van der Waals surface area contributed by atoms with Gasteiger partial charge < -0.3 is 19.5 Å². The van der Waals surface area contributed by atoms with E-state index in [4.69, 9.17) is 4.74 Å². The van der Waals surface area contributed by atoms with Crippen molar-refractivity contribution >= 4 is 40.2 Å². The van der Waals surface area contributed by atoms with E-state index in [2.05, 4.69) is 14.8 Å². The number of benzene rings is 2. The summed E-state index contributed by atoms with van der Waals surface area (Å²) in [6, 6.07) is 4.31. The van der Waals surface area contributed by atoms with E-state index < -0.39 is 46.8 Å². The highest BCUT2D eigenvalue weighted by atomic mass is 127. The molecule has 6 nitrogen and oxygen atoms in total. The predicted octanol–water partition coefficient (Wildman–Crippen LogP) is 5.02. The fourth-order valence-corrected chi connectivity index (χ4v) is 2.69. The minimum absolute atomic E-state index is 0.0360. The van der Waals surface area contributed by atoms with E-state index in [1.165, 1.54) is 18.2 Å². The van der Waals surface area contributed by atoms with Crippen molar-refractivity contribution in [1.29, 1.82) is 0 Å². The van der Waals surface area contributed by atoms with Crippen LogP contribution in [0.15, 0.2) is 42.1 Å². The number of methoxy groups -OCH3 is 2. The maximum Gasteiger partial charge on any atom is 0.416 e. The lowest BCUT2D eigenvalue weighted by molar-refractivity contribution is -0.138. The average Bonchev–Trinajstić information content (AvgIpc) is 2.69. The summed E-state index contributed by atoms with van der Waals surface area (Å²) in [5.74, 6) is -6.39. The Balaban J connectivity index is 2.48. The van der Waals surface area contributed by atoms with Crippen molar-refractivity contribution in [1.82, 2.24) is 0 Å². The normalized spacial score (nSPS) is 11.7. The number of halogens is 6. The Labute approximate surface area is 186 Å². The fraction of sp³-hybridized carbons (Fsp3) is 0.158. The van der Waals surface area contributed by atoms with Crippen molar-refractivity contribution in [3.63, 3.8) is 0 Å². The molecule has 0 saturated heterocycles. The molecule has 0 aliphatic carbocycles. The second-order valence-corrected chi connectivity index (χ2v) is 6.95. The molecule has 2 rings (SSSR count). The minimum atomic E-state index is -4.95. The van der Waals surface area contributed by atoms with Crippen LogP contribution in [0.5, 0.6) is 11.5 Å². The molecule has 1 N–H and O–H groups in total. The van der Waals surface area contributed by atoms with Gasteiger partial charge in [-0.3, -0.25) is 0 Å². The molecule has 0 amide bonds. The Hall–Kier alpha value is -2.90. The number of rotatable bonds is 6. The van der Waals surface area contributed by atoms with Crippen LogP contribution in [0.1, 0.15) is 5.56 Å². The van der Waals surface area contributed by atoms with Gasteiger partial charge in [0.2, 0.25) is 0 Å². The van der Waals surface area contributed by atoms with Crippen LogP contribution in [0.3, 0.4) is 0 Å². The molecular weight excluding hydrogens is 544 g/mol. The second-order valence-electron chi connectivity index (χ2n) is 5.71. The summed E-state index contributed by atoms with van der Waals surface area (Å²) in [6.07, 6.45) is -4.18. The summed E-state index contributed by atoms with van der Waals surface area (Å²) in [6.45, 7) is 0. The number of anilines is 1. The molecule has 0 aliphatic heterocycles. The molecule has 0 unspecified atom stereocenters. The first-order valence-electron chi connectivity index (χ1n) is 8.15. The fourth-order valence-electron chi connectivity index (χ4n) is 2.20. The Morgan fingerprint density at radius 3 is 2.16 bits per heavy atom. The van der Waals surface area contributed by atoms with E-state index in [1.807, 2.05) is 22.6 Å². The highest BCUT2D eigenvalue weighted by molar-refractivity contribution is 14.1. The number of carbonyl (C=O) groups excluding carboxylic acids is 2. The summed E-state index contributed by atoms with van der Waals surface area (Å²) >= 11 is 1.89. The summed E-state index contributed by atoms with van der Waals surface area (Å²) in [5, 5.41) is 2.53. The van der Waals surface area contributed by atoms with Gasteiger partial charge >= 0.3 is 18.1 Å². The van der Waals surface area contributed by atoms with Crippen molar-refractivity contribution in [2.75, 3.05) is 19.5 Å². The molecule has 166 valence electrons. The number of hydrogen-bond acceptors (Lipinski definition) is 6. The van der Waals surface area contributed by atoms with Gasteiger partial charge in [0.05, 0.1) is 31.5 Å². The van der Waals surface area contributed by atoms with Gasteiger partial charge in [-0.2, -0.15) is 13.2 Å². The van der Waals surface area contributed by atoms with Gasteiger partial charge in [0, 0.05) is 3.57 Å². The minimum Gasteiger partial charge on any atom is -0.466 e. The predicted molar refractivity (Wildman–Crippen MR) is 106 cm³/mol. The first-order valence-corrected chi connectivity index (χ1v) is 9.22. The van der Waals surface area contributed by atoms with Gasteiger partial charge in [0.1, 0.15) is 5.70 Å². The zero-order valence-electron chi connectivity index (χ0n) is 15.8. The van der Waals surface area contributed by atoms with Crippen molar-refractivity contribution in [2.24, 2.45) is 0 Å². The van der Waals surface area contributed by atoms with E-state index in [9.17, 15) is 31.5 Å². The number of ether oxygens (including phenoxy) is 3. The van der Waals surface area contributed by atoms with Crippen molar-refractivity contribution in [3.05, 3.63) is 62.9 Å². The van der Waals surface area contributed by atoms with Crippen LogP contribution in [0, 0.1) is 15.2 Å². The van der Waals surface area contributed by atoms with Crippen LogP contribution in [-0.2, 0) is 25.2 Å². The molecule has 0 heterocycles. The summed E-state index contributed by atoms with van der Waals surface area (Å²) in [4.78, 5) is 23.4. The molecule has 0 aliphatic rings. The molecular formula is C19H13F5INO5. The third-order valence-corrected chi connectivity index (χ3v) is 4.29. The first-order chi connectivity index (χ1) is 14.5. The maximum absolute atomic E-state index is 14.2. The van der Waals surface area contributed by atoms with Crippen LogP contribution in [0.2, 0.25) is 0 Å². The van der Waals surface area contributed by atoms with Gasteiger partial charge in [0.25, 0.3) is 0 Å². The van der Waals surface area contributed by atoms with E-state index in [0.717, 1.165) is 20.3 Å². The first kappa shape index (κ1) is 24.4. The lowest BCUT2D eigenvalue weighted by Gasteiger charge is -2.16. The van der Waals surface area contributed by atoms with Crippen molar-refractivity contribution < 1.29 is 45.8 Å². The zero-order chi connectivity index (χ0) is 23.3. The topological polar surface area (TPSA) is 73.9 Å². The molecule has 0 spiro atoms. The number of carbonyl (C=O) groups is 2. The number of esters is 2. The molecule has 2 aromatic rings. The van der Waals surface area contributed by atoms with Crippen molar-refractivity contribution in [2.45, 2.75) is 6.18 Å². The quantitative estimate of drug-likeness (QED) is 0.233. The van der Waals surface area contributed by atoms with Crippen LogP contribution in [-0.4, -0.2) is 26.2 Å². The molecule has 0 bridgehead atoms. The third-order valence-electron chi connectivity index (χ3n) is 3.62. The Bertz CT molecular complexity index is 1020. The zero-order valence-corrected chi connectivity index (χ0v) is 17.9. The molecule has 0 radical (unpaired) electrons. The summed E-state index contributed by atoms with van der Waals surface area (Å²) in [7, 11) is 2.12. The second kappa shape index (κ2) is 9.94. The SMILES string of the molecule is COC(=O)/C=C(/Nc1cc(I)ccc1Oc1c(F)cc(C(F)(F)F)cc1F)C(=O)OC. The summed E-state index contributed by atoms with van der Waals surface area (Å²) in [5.41, 5.74) is -1.95. The molecule has 31 heavy (non-hydrogen) atoms. The number of nitrogens with one attached hydrogen (secondary N) is 1. The number of hydrogen-bond donors (Lipinski definition) is 1. The molecule has 0 atom stereocenters. The van der Waals surface area contributed by atoms with E-state index in [1.54, 1.807) is 0 Å². The molecule has 2 aromatic carbocycles. The largest absolute Gasteiger partial charge is 0.466 e. The number of alkyl halides is 3. The molecule has 0 saturated carbocycles. The summed E-state index contributed by atoms with van der Waals surface area (Å²) < 4.78 is 81.3. The highest BCUT2D eigenvalue weighted by Crippen LogP contribution is 2.38. The van der Waals surface area contributed by atoms with E-state index in [-0.39, 0.29) is 23.6 Å². The van der Waals surface area contributed by atoms with Gasteiger partial charge in [0.15, 0.2) is 23.1 Å². The Morgan fingerprint density at radius 2 is 1.65 bits per heavy atom. The van der Waals surface area contributed by atoms with Gasteiger partial charge in [-0.1, -0.05) is 0 Å². The van der Waals surface area contributed by atoms with E-state index >= 15 is 0 Å². The van der Waals surface area contributed by atoms with Crippen LogP contribution < -0.4 is 10.1 Å². The smallest absolute Gasteiger partial charge is 0.416 e. The monoisotopic (exact) mass is 557 g/mol. The average molecular weight is 557 g/mol.